The predicted molar refractivity (Wildman–Crippen MR) is 45.1 cm³/mol. The van der Waals surface area contributed by atoms with Crippen LogP contribution in [0.5, 0.6) is 0 Å². The van der Waals surface area contributed by atoms with Gasteiger partial charge in [0.2, 0.25) is 0 Å². The number of hydrogen-bond acceptors (Lipinski definition) is 1. The Morgan fingerprint density at radius 3 is 2.91 bits per heavy atom. The first-order valence-corrected chi connectivity index (χ1v) is 4.53. The molecule has 1 heterocycles. The smallest absolute Gasteiger partial charge is 0.162 e. The van der Waals surface area contributed by atoms with Crippen molar-refractivity contribution in [3.8, 4) is 0 Å². The molecule has 2 aliphatic rings. The number of epoxide rings is 1. The molecule has 0 spiro atoms. The molecule has 0 aromatic rings. The third-order valence-electron chi connectivity index (χ3n) is 2.99. The third-order valence-corrected chi connectivity index (χ3v) is 2.99. The summed E-state index contributed by atoms with van der Waals surface area (Å²) < 4.78 is 5.51. The fourth-order valence-electron chi connectivity index (χ4n) is 1.85. The minimum Gasteiger partial charge on any atom is -0.480 e. The second-order valence-corrected chi connectivity index (χ2v) is 4.31. The van der Waals surface area contributed by atoms with Crippen LogP contribution < -0.4 is 0 Å². The highest BCUT2D eigenvalue weighted by Gasteiger charge is 2.50. The molecule has 1 aliphatic heterocycles. The molecule has 0 saturated carbocycles. The monoisotopic (exact) mass is 152 g/mol. The van der Waals surface area contributed by atoms with Crippen LogP contribution in [-0.2, 0) is 4.74 Å². The fraction of sp³-hybridized carbons (Fsp3) is 0.800. The highest BCUT2D eigenvalue weighted by molar-refractivity contribution is 5.27. The minimum atomic E-state index is 0.172. The molecule has 2 unspecified atom stereocenters. The normalized spacial score (nSPS) is 41.1. The van der Waals surface area contributed by atoms with Gasteiger partial charge in [0.15, 0.2) is 5.60 Å². The topological polar surface area (TPSA) is 12.5 Å². The maximum atomic E-state index is 5.51. The SMILES string of the molecule is CC(C)C1C=C2OC2(C)CC1. The zero-order chi connectivity index (χ0) is 8.06. The van der Waals surface area contributed by atoms with E-state index in [-0.39, 0.29) is 5.60 Å². The Morgan fingerprint density at radius 2 is 2.36 bits per heavy atom. The minimum absolute atomic E-state index is 0.172. The summed E-state index contributed by atoms with van der Waals surface area (Å²) in [5.41, 5.74) is 0.172. The van der Waals surface area contributed by atoms with Crippen LogP contribution in [0.1, 0.15) is 33.6 Å². The lowest BCUT2D eigenvalue weighted by Crippen LogP contribution is -2.15. The van der Waals surface area contributed by atoms with Gasteiger partial charge < -0.3 is 4.74 Å². The summed E-state index contributed by atoms with van der Waals surface area (Å²) in [6.45, 7) is 6.76. The van der Waals surface area contributed by atoms with Gasteiger partial charge in [0.1, 0.15) is 5.76 Å². The average Bonchev–Trinajstić information content (AvgIpc) is 2.58. The number of fused-ring (bicyclic) bond motifs is 1. The maximum Gasteiger partial charge on any atom is 0.162 e. The summed E-state index contributed by atoms with van der Waals surface area (Å²) in [5, 5.41) is 0. The summed E-state index contributed by atoms with van der Waals surface area (Å²) in [7, 11) is 0. The molecule has 62 valence electrons. The molecule has 1 saturated heterocycles. The van der Waals surface area contributed by atoms with E-state index < -0.39 is 0 Å². The van der Waals surface area contributed by atoms with Crippen molar-refractivity contribution in [1.82, 2.24) is 0 Å². The highest BCUT2D eigenvalue weighted by atomic mass is 16.6. The van der Waals surface area contributed by atoms with Gasteiger partial charge in [0, 0.05) is 0 Å². The van der Waals surface area contributed by atoms with Crippen LogP contribution >= 0.6 is 0 Å². The first-order chi connectivity index (χ1) is 5.12. The summed E-state index contributed by atoms with van der Waals surface area (Å²) >= 11 is 0. The first kappa shape index (κ1) is 7.20. The molecule has 0 N–H and O–H groups in total. The number of ether oxygens (including phenoxy) is 1. The van der Waals surface area contributed by atoms with E-state index in [9.17, 15) is 0 Å². The Bertz CT molecular complexity index is 205. The van der Waals surface area contributed by atoms with Gasteiger partial charge in [-0.05, 0) is 37.7 Å². The second kappa shape index (κ2) is 2.02. The quantitative estimate of drug-likeness (QED) is 0.526. The Hall–Kier alpha value is -0.460. The van der Waals surface area contributed by atoms with Crippen molar-refractivity contribution < 1.29 is 4.74 Å². The molecule has 11 heavy (non-hydrogen) atoms. The van der Waals surface area contributed by atoms with Crippen LogP contribution in [0.15, 0.2) is 11.8 Å². The van der Waals surface area contributed by atoms with E-state index in [1.165, 1.54) is 18.6 Å². The Kier molecular flexibility index (Phi) is 1.33. The molecule has 0 aromatic carbocycles. The molecule has 1 fully saturated rings. The molecule has 2 atom stereocenters. The predicted octanol–water partition coefficient (Wildman–Crippen LogP) is 2.73. The Balaban J connectivity index is 2.11. The van der Waals surface area contributed by atoms with Crippen LogP contribution in [0.2, 0.25) is 0 Å². The zero-order valence-electron chi connectivity index (χ0n) is 7.55. The molecule has 0 bridgehead atoms. The van der Waals surface area contributed by atoms with Crippen LogP contribution in [-0.4, -0.2) is 5.60 Å². The van der Waals surface area contributed by atoms with Crippen LogP contribution in [0, 0.1) is 11.8 Å². The van der Waals surface area contributed by atoms with Crippen molar-refractivity contribution in [3.05, 3.63) is 11.8 Å². The summed E-state index contributed by atoms with van der Waals surface area (Å²) in [5.74, 6) is 2.79. The van der Waals surface area contributed by atoms with Crippen LogP contribution in [0.25, 0.3) is 0 Å². The van der Waals surface area contributed by atoms with Gasteiger partial charge in [0.05, 0.1) is 0 Å². The molecule has 2 rings (SSSR count). The van der Waals surface area contributed by atoms with Gasteiger partial charge in [-0.25, -0.2) is 0 Å². The molecule has 1 nitrogen and oxygen atoms in total. The van der Waals surface area contributed by atoms with Gasteiger partial charge in [-0.1, -0.05) is 13.8 Å². The number of hydrogen-bond donors (Lipinski definition) is 0. The molecule has 0 radical (unpaired) electrons. The van der Waals surface area contributed by atoms with E-state index in [4.69, 9.17) is 4.74 Å². The van der Waals surface area contributed by atoms with Gasteiger partial charge in [-0.3, -0.25) is 0 Å². The third kappa shape index (κ3) is 1.07. The molecular weight excluding hydrogens is 136 g/mol. The molecule has 0 aromatic heterocycles. The fourth-order valence-corrected chi connectivity index (χ4v) is 1.85. The second-order valence-electron chi connectivity index (χ2n) is 4.31. The lowest BCUT2D eigenvalue weighted by molar-refractivity contribution is 0.293. The summed E-state index contributed by atoms with van der Waals surface area (Å²) in [6, 6.07) is 0. The standard InChI is InChI=1S/C10H16O/c1-7(2)8-4-5-10(3)9(6-8)11-10/h6-8H,4-5H2,1-3H3. The highest BCUT2D eigenvalue weighted by Crippen LogP contribution is 2.50. The van der Waals surface area contributed by atoms with Crippen molar-refractivity contribution in [2.75, 3.05) is 0 Å². The Labute approximate surface area is 68.4 Å². The van der Waals surface area contributed by atoms with Crippen molar-refractivity contribution in [2.45, 2.75) is 39.2 Å². The number of rotatable bonds is 1. The first-order valence-electron chi connectivity index (χ1n) is 4.53. The van der Waals surface area contributed by atoms with Crippen molar-refractivity contribution in [2.24, 2.45) is 11.8 Å². The zero-order valence-corrected chi connectivity index (χ0v) is 7.55. The average molecular weight is 152 g/mol. The van der Waals surface area contributed by atoms with E-state index in [0.717, 1.165) is 11.8 Å². The molecule has 0 amide bonds. The maximum absolute atomic E-state index is 5.51. The molecule has 1 aliphatic carbocycles. The Morgan fingerprint density at radius 1 is 1.64 bits per heavy atom. The van der Waals surface area contributed by atoms with Crippen molar-refractivity contribution in [3.63, 3.8) is 0 Å². The largest absolute Gasteiger partial charge is 0.480 e. The number of allylic oxidation sites excluding steroid dienone is 1. The van der Waals surface area contributed by atoms with Gasteiger partial charge in [-0.2, -0.15) is 0 Å². The van der Waals surface area contributed by atoms with E-state index in [0.29, 0.717) is 0 Å². The summed E-state index contributed by atoms with van der Waals surface area (Å²) in [6.07, 6.45) is 4.85. The molecular formula is C10H16O. The molecule has 1 heteroatoms. The summed E-state index contributed by atoms with van der Waals surface area (Å²) in [4.78, 5) is 0. The van der Waals surface area contributed by atoms with E-state index >= 15 is 0 Å². The van der Waals surface area contributed by atoms with E-state index in [1.807, 2.05) is 0 Å². The van der Waals surface area contributed by atoms with Crippen LogP contribution in [0.3, 0.4) is 0 Å². The van der Waals surface area contributed by atoms with Crippen molar-refractivity contribution in [1.29, 1.82) is 0 Å². The van der Waals surface area contributed by atoms with Gasteiger partial charge in [0.25, 0.3) is 0 Å². The van der Waals surface area contributed by atoms with Gasteiger partial charge in [-0.15, -0.1) is 0 Å². The van der Waals surface area contributed by atoms with E-state index in [1.54, 1.807) is 0 Å². The van der Waals surface area contributed by atoms with Crippen LogP contribution in [0.4, 0.5) is 0 Å². The lowest BCUT2D eigenvalue weighted by Gasteiger charge is -2.19. The van der Waals surface area contributed by atoms with E-state index in [2.05, 4.69) is 26.8 Å². The van der Waals surface area contributed by atoms with Gasteiger partial charge >= 0.3 is 0 Å². The lowest BCUT2D eigenvalue weighted by atomic mass is 9.83. The van der Waals surface area contributed by atoms with Crippen molar-refractivity contribution >= 4 is 0 Å².